The molecule has 0 aromatic carbocycles. The summed E-state index contributed by atoms with van der Waals surface area (Å²) in [6, 6.07) is 5.62. The number of halogens is 1. The molecule has 0 aliphatic carbocycles. The van der Waals surface area contributed by atoms with Gasteiger partial charge in [0.2, 0.25) is 0 Å². The van der Waals surface area contributed by atoms with Gasteiger partial charge in [0.1, 0.15) is 29.6 Å². The molecular formula is C14H11BrN6. The Kier molecular flexibility index (Phi) is 3.54. The first-order chi connectivity index (χ1) is 10.2. The van der Waals surface area contributed by atoms with Gasteiger partial charge in [-0.05, 0) is 34.5 Å². The predicted molar refractivity (Wildman–Crippen MR) is 81.7 cm³/mol. The first-order valence-corrected chi connectivity index (χ1v) is 7.05. The standard InChI is InChI=1S/C14H11BrN6/c1-9-2-10(15)6-21-7-12(20-14(9)21)5-17-13-3-11(4-16)18-8-19-13/h2-3,6-8H,5H2,1H3,(H,17,18,19). The number of anilines is 1. The first-order valence-electron chi connectivity index (χ1n) is 6.25. The van der Waals surface area contributed by atoms with Crippen LogP contribution in [0.4, 0.5) is 5.82 Å². The van der Waals surface area contributed by atoms with E-state index in [0.29, 0.717) is 18.1 Å². The normalized spacial score (nSPS) is 10.5. The number of imidazole rings is 1. The number of rotatable bonds is 3. The van der Waals surface area contributed by atoms with Crippen LogP contribution in [0.2, 0.25) is 0 Å². The summed E-state index contributed by atoms with van der Waals surface area (Å²) in [4.78, 5) is 12.5. The molecule has 3 heterocycles. The van der Waals surface area contributed by atoms with E-state index < -0.39 is 0 Å². The van der Waals surface area contributed by atoms with Crippen LogP contribution in [0.15, 0.2) is 35.3 Å². The van der Waals surface area contributed by atoms with Crippen LogP contribution >= 0.6 is 15.9 Å². The number of nitriles is 1. The molecule has 0 saturated carbocycles. The van der Waals surface area contributed by atoms with E-state index in [1.54, 1.807) is 6.07 Å². The van der Waals surface area contributed by atoms with Crippen molar-refractivity contribution < 1.29 is 0 Å². The second-order valence-corrected chi connectivity index (χ2v) is 5.47. The Morgan fingerprint density at radius 1 is 1.33 bits per heavy atom. The van der Waals surface area contributed by atoms with Crippen LogP contribution in [0.3, 0.4) is 0 Å². The fourth-order valence-electron chi connectivity index (χ4n) is 2.06. The lowest BCUT2D eigenvalue weighted by atomic mass is 10.3. The van der Waals surface area contributed by atoms with E-state index in [-0.39, 0.29) is 0 Å². The third-order valence-electron chi connectivity index (χ3n) is 2.98. The molecule has 0 bridgehead atoms. The quantitative estimate of drug-likeness (QED) is 0.791. The number of hydrogen-bond donors (Lipinski definition) is 1. The average Bonchev–Trinajstić information content (AvgIpc) is 2.88. The van der Waals surface area contributed by atoms with Gasteiger partial charge in [-0.3, -0.25) is 0 Å². The largest absolute Gasteiger partial charge is 0.364 e. The van der Waals surface area contributed by atoms with Gasteiger partial charge >= 0.3 is 0 Å². The second-order valence-electron chi connectivity index (χ2n) is 4.56. The van der Waals surface area contributed by atoms with Gasteiger partial charge in [0.15, 0.2) is 0 Å². The Hall–Kier alpha value is -2.46. The maximum atomic E-state index is 8.81. The van der Waals surface area contributed by atoms with Crippen LogP contribution in [0, 0.1) is 18.3 Å². The molecule has 0 atom stereocenters. The smallest absolute Gasteiger partial charge is 0.145 e. The number of hydrogen-bond acceptors (Lipinski definition) is 5. The molecule has 0 unspecified atom stereocenters. The zero-order valence-electron chi connectivity index (χ0n) is 11.2. The summed E-state index contributed by atoms with van der Waals surface area (Å²) >= 11 is 3.47. The minimum absolute atomic E-state index is 0.335. The molecule has 0 amide bonds. The fourth-order valence-corrected chi connectivity index (χ4v) is 2.62. The summed E-state index contributed by atoms with van der Waals surface area (Å²) in [5.41, 5.74) is 3.26. The fraction of sp³-hybridized carbons (Fsp3) is 0.143. The molecule has 3 aromatic heterocycles. The molecule has 21 heavy (non-hydrogen) atoms. The van der Waals surface area contributed by atoms with Crippen LogP contribution in [-0.2, 0) is 6.54 Å². The highest BCUT2D eigenvalue weighted by molar-refractivity contribution is 9.10. The number of aryl methyl sites for hydroxylation is 1. The van der Waals surface area contributed by atoms with Gasteiger partial charge in [-0.2, -0.15) is 5.26 Å². The third kappa shape index (κ3) is 2.85. The lowest BCUT2D eigenvalue weighted by Gasteiger charge is -2.02. The molecule has 1 N–H and O–H groups in total. The van der Waals surface area contributed by atoms with Gasteiger partial charge in [-0.25, -0.2) is 15.0 Å². The maximum Gasteiger partial charge on any atom is 0.145 e. The summed E-state index contributed by atoms with van der Waals surface area (Å²) in [5.74, 6) is 0.608. The monoisotopic (exact) mass is 342 g/mol. The van der Waals surface area contributed by atoms with Crippen LogP contribution in [0.5, 0.6) is 0 Å². The second kappa shape index (κ2) is 5.50. The van der Waals surface area contributed by atoms with Crippen molar-refractivity contribution in [1.29, 1.82) is 5.26 Å². The van der Waals surface area contributed by atoms with Crippen molar-refractivity contribution in [2.75, 3.05) is 5.32 Å². The Morgan fingerprint density at radius 2 is 2.19 bits per heavy atom. The summed E-state index contributed by atoms with van der Waals surface area (Å²) in [6.07, 6.45) is 5.30. The first kappa shape index (κ1) is 13.5. The van der Waals surface area contributed by atoms with Crippen molar-refractivity contribution >= 4 is 27.4 Å². The highest BCUT2D eigenvalue weighted by Gasteiger charge is 2.06. The zero-order chi connectivity index (χ0) is 14.8. The van der Waals surface area contributed by atoms with E-state index in [4.69, 9.17) is 5.26 Å². The summed E-state index contributed by atoms with van der Waals surface area (Å²) in [7, 11) is 0. The van der Waals surface area contributed by atoms with Crippen molar-refractivity contribution in [3.8, 4) is 6.07 Å². The van der Waals surface area contributed by atoms with Crippen molar-refractivity contribution in [3.63, 3.8) is 0 Å². The molecule has 0 aliphatic heterocycles. The summed E-state index contributed by atoms with van der Waals surface area (Å²) < 4.78 is 3.00. The van der Waals surface area contributed by atoms with Gasteiger partial charge in [0.25, 0.3) is 0 Å². The van der Waals surface area contributed by atoms with E-state index >= 15 is 0 Å². The topological polar surface area (TPSA) is 78.9 Å². The van der Waals surface area contributed by atoms with Gasteiger partial charge < -0.3 is 9.72 Å². The molecule has 6 nitrogen and oxygen atoms in total. The number of nitrogens with zero attached hydrogens (tertiary/aromatic N) is 5. The molecule has 0 aliphatic rings. The Balaban J connectivity index is 1.82. The lowest BCUT2D eigenvalue weighted by molar-refractivity contribution is 1.04. The SMILES string of the molecule is Cc1cc(Br)cn2cc(CNc3cc(C#N)ncn3)nc12. The van der Waals surface area contributed by atoms with Crippen LogP contribution in [-0.4, -0.2) is 19.4 Å². The third-order valence-corrected chi connectivity index (χ3v) is 3.42. The number of fused-ring (bicyclic) bond motifs is 1. The van der Waals surface area contributed by atoms with E-state index in [0.717, 1.165) is 21.4 Å². The molecular weight excluding hydrogens is 332 g/mol. The average molecular weight is 343 g/mol. The molecule has 0 fully saturated rings. The van der Waals surface area contributed by atoms with Crippen LogP contribution < -0.4 is 5.32 Å². The minimum atomic E-state index is 0.335. The number of pyridine rings is 1. The van der Waals surface area contributed by atoms with Crippen LogP contribution in [0.1, 0.15) is 17.0 Å². The van der Waals surface area contributed by atoms with Gasteiger partial charge in [0, 0.05) is 22.9 Å². The molecule has 3 rings (SSSR count). The van der Waals surface area contributed by atoms with Gasteiger partial charge in [-0.1, -0.05) is 0 Å². The van der Waals surface area contributed by atoms with Gasteiger partial charge in [-0.15, -0.1) is 0 Å². The zero-order valence-corrected chi connectivity index (χ0v) is 12.8. The summed E-state index contributed by atoms with van der Waals surface area (Å²) in [6.45, 7) is 2.55. The van der Waals surface area contributed by atoms with E-state index in [1.807, 2.05) is 35.9 Å². The Labute approximate surface area is 129 Å². The predicted octanol–water partition coefficient (Wildman–Crippen LogP) is 2.68. The summed E-state index contributed by atoms with van der Waals surface area (Å²) in [5, 5.41) is 12.0. The van der Waals surface area contributed by atoms with Crippen molar-refractivity contribution in [2.24, 2.45) is 0 Å². The number of aromatic nitrogens is 4. The van der Waals surface area contributed by atoms with E-state index in [9.17, 15) is 0 Å². The van der Waals surface area contributed by atoms with Crippen molar-refractivity contribution in [3.05, 3.63) is 52.3 Å². The highest BCUT2D eigenvalue weighted by atomic mass is 79.9. The molecule has 7 heteroatoms. The molecule has 3 aromatic rings. The Morgan fingerprint density at radius 3 is 3.00 bits per heavy atom. The van der Waals surface area contributed by atoms with Crippen molar-refractivity contribution in [2.45, 2.75) is 13.5 Å². The van der Waals surface area contributed by atoms with Crippen molar-refractivity contribution in [1.82, 2.24) is 19.4 Å². The molecule has 0 saturated heterocycles. The maximum absolute atomic E-state index is 8.81. The van der Waals surface area contributed by atoms with Crippen LogP contribution in [0.25, 0.3) is 5.65 Å². The Bertz CT molecular complexity index is 848. The van der Waals surface area contributed by atoms with E-state index in [2.05, 4.69) is 36.2 Å². The van der Waals surface area contributed by atoms with E-state index in [1.165, 1.54) is 6.33 Å². The minimum Gasteiger partial charge on any atom is -0.364 e. The highest BCUT2D eigenvalue weighted by Crippen LogP contribution is 2.17. The molecule has 0 radical (unpaired) electrons. The molecule has 104 valence electrons. The van der Waals surface area contributed by atoms with Gasteiger partial charge in [0.05, 0.1) is 12.2 Å². The lowest BCUT2D eigenvalue weighted by Crippen LogP contribution is -2.02. The molecule has 0 spiro atoms. The number of nitrogens with one attached hydrogen (secondary N) is 1.